The lowest BCUT2D eigenvalue weighted by atomic mass is 10.0. The van der Waals surface area contributed by atoms with Gasteiger partial charge < -0.3 is 25.0 Å². The maximum Gasteiger partial charge on any atom is 0.251 e. The molecule has 0 unspecified atom stereocenters. The summed E-state index contributed by atoms with van der Waals surface area (Å²) < 4.78 is 7.72. The first-order valence-electron chi connectivity index (χ1n) is 13.3. The van der Waals surface area contributed by atoms with E-state index in [0.29, 0.717) is 29.2 Å². The molecule has 2 aromatic carbocycles. The van der Waals surface area contributed by atoms with Crippen molar-refractivity contribution in [2.24, 2.45) is 0 Å². The minimum absolute atomic E-state index is 0.0252. The SMILES string of the molecule is CC(=O)N[C@H](C)c1nc(-c2ccc(C[C@@H](CCO)NC(=O)c3ccc(OC(C)C)c(Cl)c3)cc2)cn1C(C)C. The van der Waals surface area contributed by atoms with Crippen LogP contribution in [0.25, 0.3) is 11.3 Å². The molecule has 2 amide bonds. The fourth-order valence-electron chi connectivity index (χ4n) is 4.39. The van der Waals surface area contributed by atoms with E-state index in [1.165, 1.54) is 6.92 Å². The van der Waals surface area contributed by atoms with Crippen LogP contribution in [-0.2, 0) is 11.2 Å². The first-order valence-corrected chi connectivity index (χ1v) is 13.7. The first-order chi connectivity index (χ1) is 18.5. The number of nitrogens with zero attached hydrogens (tertiary/aromatic N) is 2. The van der Waals surface area contributed by atoms with Crippen LogP contribution in [-0.4, -0.2) is 45.2 Å². The number of nitrogens with one attached hydrogen (secondary N) is 2. The predicted molar refractivity (Wildman–Crippen MR) is 154 cm³/mol. The van der Waals surface area contributed by atoms with E-state index in [1.807, 2.05) is 51.2 Å². The Bertz CT molecular complexity index is 1270. The molecule has 9 heteroatoms. The number of rotatable bonds is 12. The zero-order valence-corrected chi connectivity index (χ0v) is 24.2. The second-order valence-electron chi connectivity index (χ2n) is 10.3. The number of aromatic nitrogens is 2. The predicted octanol–water partition coefficient (Wildman–Crippen LogP) is 5.49. The van der Waals surface area contributed by atoms with Crippen molar-refractivity contribution in [1.82, 2.24) is 20.2 Å². The number of amides is 2. The number of aliphatic hydroxyl groups excluding tert-OH is 1. The summed E-state index contributed by atoms with van der Waals surface area (Å²) >= 11 is 6.31. The Morgan fingerprint density at radius 1 is 1.05 bits per heavy atom. The van der Waals surface area contributed by atoms with Crippen LogP contribution in [0, 0.1) is 0 Å². The highest BCUT2D eigenvalue weighted by molar-refractivity contribution is 6.32. The molecule has 0 spiro atoms. The minimum atomic E-state index is -0.261. The van der Waals surface area contributed by atoms with Gasteiger partial charge in [-0.2, -0.15) is 0 Å². The minimum Gasteiger partial charge on any atom is -0.489 e. The molecule has 8 nitrogen and oxygen atoms in total. The third-order valence-corrected chi connectivity index (χ3v) is 6.52. The van der Waals surface area contributed by atoms with E-state index in [-0.39, 0.29) is 42.7 Å². The van der Waals surface area contributed by atoms with Crippen LogP contribution in [0.2, 0.25) is 5.02 Å². The van der Waals surface area contributed by atoms with Gasteiger partial charge in [0.2, 0.25) is 5.91 Å². The number of carbonyl (C=O) groups excluding carboxylic acids is 2. The lowest BCUT2D eigenvalue weighted by Crippen LogP contribution is -2.37. The smallest absolute Gasteiger partial charge is 0.251 e. The summed E-state index contributed by atoms with van der Waals surface area (Å²) in [6.07, 6.45) is 2.95. The average Bonchev–Trinajstić information content (AvgIpc) is 3.31. The van der Waals surface area contributed by atoms with Crippen LogP contribution in [0.1, 0.15) is 81.8 Å². The van der Waals surface area contributed by atoms with Gasteiger partial charge in [-0.3, -0.25) is 9.59 Å². The highest BCUT2D eigenvalue weighted by Gasteiger charge is 2.19. The van der Waals surface area contributed by atoms with Crippen molar-refractivity contribution < 1.29 is 19.4 Å². The van der Waals surface area contributed by atoms with Gasteiger partial charge in [0.1, 0.15) is 11.6 Å². The Balaban J connectivity index is 1.72. The normalized spacial score (nSPS) is 12.9. The molecule has 210 valence electrons. The standard InChI is InChI=1S/C30H39ClN4O4/c1-18(2)35-17-27(34-29(35)20(5)32-21(6)37)23-9-7-22(8-10-23)15-25(13-14-36)33-30(38)24-11-12-28(26(31)16-24)39-19(3)4/h7-12,16-20,25,36H,13-15H2,1-6H3,(H,32,37)(H,33,38)/t20-,25-/m1/s1. The van der Waals surface area contributed by atoms with Crippen LogP contribution in [0.15, 0.2) is 48.7 Å². The van der Waals surface area contributed by atoms with Crippen LogP contribution in [0.4, 0.5) is 0 Å². The molecule has 0 fully saturated rings. The van der Waals surface area contributed by atoms with Gasteiger partial charge in [0.25, 0.3) is 5.91 Å². The molecule has 3 N–H and O–H groups in total. The third-order valence-electron chi connectivity index (χ3n) is 6.23. The molecule has 3 aromatic rings. The zero-order chi connectivity index (χ0) is 28.7. The summed E-state index contributed by atoms with van der Waals surface area (Å²) in [7, 11) is 0. The molecule has 0 aliphatic carbocycles. The summed E-state index contributed by atoms with van der Waals surface area (Å²) in [5, 5.41) is 15.9. The van der Waals surface area contributed by atoms with Gasteiger partial charge in [-0.1, -0.05) is 35.9 Å². The molecular weight excluding hydrogens is 516 g/mol. The molecule has 1 aromatic heterocycles. The van der Waals surface area contributed by atoms with Crippen molar-refractivity contribution in [3.63, 3.8) is 0 Å². The maximum absolute atomic E-state index is 12.9. The van der Waals surface area contributed by atoms with E-state index in [0.717, 1.165) is 22.6 Å². The van der Waals surface area contributed by atoms with Gasteiger partial charge in [0.15, 0.2) is 0 Å². The second-order valence-corrected chi connectivity index (χ2v) is 10.7. The fraction of sp³-hybridized carbons (Fsp3) is 0.433. The number of aliphatic hydroxyl groups is 1. The summed E-state index contributed by atoms with van der Waals surface area (Å²) in [5.74, 6) is 0.971. The van der Waals surface area contributed by atoms with Crippen molar-refractivity contribution in [3.8, 4) is 17.0 Å². The molecule has 39 heavy (non-hydrogen) atoms. The van der Waals surface area contributed by atoms with E-state index >= 15 is 0 Å². The number of hydrogen-bond donors (Lipinski definition) is 3. The number of carbonyl (C=O) groups is 2. The first kappa shape index (κ1) is 30.2. The Hall–Kier alpha value is -3.36. The highest BCUT2D eigenvalue weighted by atomic mass is 35.5. The Morgan fingerprint density at radius 3 is 2.31 bits per heavy atom. The van der Waals surface area contributed by atoms with Crippen molar-refractivity contribution >= 4 is 23.4 Å². The van der Waals surface area contributed by atoms with Crippen molar-refractivity contribution in [3.05, 3.63) is 70.6 Å². The average molecular weight is 555 g/mol. The topological polar surface area (TPSA) is 105 Å². The van der Waals surface area contributed by atoms with Gasteiger partial charge in [0.05, 0.1) is 22.9 Å². The van der Waals surface area contributed by atoms with Crippen molar-refractivity contribution in [1.29, 1.82) is 0 Å². The molecular formula is C30H39ClN4O4. The number of ether oxygens (including phenoxy) is 1. The third kappa shape index (κ3) is 8.31. The van der Waals surface area contributed by atoms with Crippen LogP contribution < -0.4 is 15.4 Å². The van der Waals surface area contributed by atoms with Gasteiger partial charge in [-0.15, -0.1) is 0 Å². The van der Waals surface area contributed by atoms with Gasteiger partial charge in [-0.05, 0) is 71.2 Å². The highest BCUT2D eigenvalue weighted by Crippen LogP contribution is 2.27. The molecule has 0 saturated heterocycles. The van der Waals surface area contributed by atoms with E-state index < -0.39 is 0 Å². The zero-order valence-electron chi connectivity index (χ0n) is 23.5. The summed E-state index contributed by atoms with van der Waals surface area (Å²) in [5.41, 5.74) is 3.23. The molecule has 3 rings (SSSR count). The van der Waals surface area contributed by atoms with E-state index in [4.69, 9.17) is 21.3 Å². The maximum atomic E-state index is 12.9. The van der Waals surface area contributed by atoms with E-state index in [2.05, 4.69) is 29.0 Å². The number of benzene rings is 2. The van der Waals surface area contributed by atoms with E-state index in [9.17, 15) is 14.7 Å². The molecule has 2 atom stereocenters. The van der Waals surface area contributed by atoms with Crippen LogP contribution in [0.5, 0.6) is 5.75 Å². The molecule has 0 saturated carbocycles. The van der Waals surface area contributed by atoms with Crippen LogP contribution in [0.3, 0.4) is 0 Å². The van der Waals surface area contributed by atoms with Crippen molar-refractivity contribution in [2.75, 3.05) is 6.61 Å². The van der Waals surface area contributed by atoms with Crippen molar-refractivity contribution in [2.45, 2.75) is 78.6 Å². The molecule has 0 aliphatic heterocycles. The summed E-state index contributed by atoms with van der Waals surface area (Å²) in [6, 6.07) is 12.7. The quantitative estimate of drug-likeness (QED) is 0.274. The van der Waals surface area contributed by atoms with Gasteiger partial charge in [-0.25, -0.2) is 4.98 Å². The largest absolute Gasteiger partial charge is 0.489 e. The lowest BCUT2D eigenvalue weighted by molar-refractivity contribution is -0.119. The van der Waals surface area contributed by atoms with Gasteiger partial charge in [0, 0.05) is 42.9 Å². The Labute approximate surface area is 235 Å². The molecule has 1 heterocycles. The Morgan fingerprint density at radius 2 is 1.74 bits per heavy atom. The van der Waals surface area contributed by atoms with E-state index in [1.54, 1.807) is 18.2 Å². The summed E-state index contributed by atoms with van der Waals surface area (Å²) in [6.45, 7) is 11.4. The lowest BCUT2D eigenvalue weighted by Gasteiger charge is -2.19. The monoisotopic (exact) mass is 554 g/mol. The van der Waals surface area contributed by atoms with Crippen LogP contribution >= 0.6 is 11.6 Å². The second kappa shape index (κ2) is 13.6. The summed E-state index contributed by atoms with van der Waals surface area (Å²) in [4.78, 5) is 29.3. The van der Waals surface area contributed by atoms with Gasteiger partial charge >= 0.3 is 0 Å². The number of halogens is 1. The molecule has 0 bridgehead atoms. The number of hydrogen-bond acceptors (Lipinski definition) is 5. The molecule has 0 aliphatic rings. The fourth-order valence-corrected chi connectivity index (χ4v) is 4.61. The Kier molecular flexibility index (Phi) is 10.5. The number of imidazole rings is 1. The molecule has 0 radical (unpaired) electrons.